The van der Waals surface area contributed by atoms with Crippen LogP contribution in [0.2, 0.25) is 0 Å². The number of rotatable bonds is 7. The standard InChI is InChI=1S/C39H49O2P/c40-42(32-18-6-2-7-19-32,33-20-8-3-9-21-33)37-27-25-31-17-11-13-23-35(31)39(37)38-34-22-12-10-16-30(34)24-26-36(38)41-28-29-14-4-1-5-15-29/h1,4-5,14-15,24-27,32-33H,2-3,6-13,16-23,28H2. The molecular weight excluding hydrogens is 531 g/mol. The van der Waals surface area contributed by atoms with Crippen LogP contribution in [0.4, 0.5) is 0 Å². The number of benzene rings is 3. The predicted octanol–water partition coefficient (Wildman–Crippen LogP) is 10.3. The SMILES string of the molecule is O=P(c1ccc2c(c1-c1c(OCc3ccccc3)ccc3c1CCCC3)CCCC2)(C1CCCCC1)C1CCCCC1. The highest BCUT2D eigenvalue weighted by Crippen LogP contribution is 2.64. The van der Waals surface area contributed by atoms with Gasteiger partial charge in [-0.15, -0.1) is 0 Å². The Hall–Kier alpha value is -2.31. The van der Waals surface area contributed by atoms with Gasteiger partial charge in [0.1, 0.15) is 19.5 Å². The molecule has 3 aromatic carbocycles. The molecule has 0 N–H and O–H groups in total. The molecule has 2 nitrogen and oxygen atoms in total. The van der Waals surface area contributed by atoms with Gasteiger partial charge in [0.05, 0.1) is 0 Å². The van der Waals surface area contributed by atoms with Gasteiger partial charge in [0, 0.05) is 22.2 Å². The topological polar surface area (TPSA) is 26.3 Å². The minimum Gasteiger partial charge on any atom is -0.488 e. The van der Waals surface area contributed by atoms with E-state index < -0.39 is 7.14 Å². The largest absolute Gasteiger partial charge is 0.488 e. The monoisotopic (exact) mass is 580 g/mol. The van der Waals surface area contributed by atoms with Crippen LogP contribution in [-0.4, -0.2) is 11.3 Å². The summed E-state index contributed by atoms with van der Waals surface area (Å²) in [6.07, 6.45) is 21.7. The van der Waals surface area contributed by atoms with Crippen molar-refractivity contribution in [1.29, 1.82) is 0 Å². The summed E-state index contributed by atoms with van der Waals surface area (Å²) in [5.74, 6) is 1.01. The second kappa shape index (κ2) is 12.7. The molecule has 0 aromatic heterocycles. The van der Waals surface area contributed by atoms with Crippen molar-refractivity contribution in [2.45, 2.75) is 133 Å². The Morgan fingerprint density at radius 1 is 0.571 bits per heavy atom. The summed E-state index contributed by atoms with van der Waals surface area (Å²) >= 11 is 0. The molecule has 3 heteroatoms. The highest BCUT2D eigenvalue weighted by atomic mass is 31.2. The van der Waals surface area contributed by atoms with Gasteiger partial charge >= 0.3 is 0 Å². The maximum absolute atomic E-state index is 16.2. The molecular formula is C39H49O2P. The van der Waals surface area contributed by atoms with E-state index in [1.165, 1.54) is 108 Å². The highest BCUT2D eigenvalue weighted by molar-refractivity contribution is 7.73. The highest BCUT2D eigenvalue weighted by Gasteiger charge is 2.45. The van der Waals surface area contributed by atoms with Crippen LogP contribution < -0.4 is 10.0 Å². The van der Waals surface area contributed by atoms with E-state index in [2.05, 4.69) is 54.6 Å². The molecule has 0 amide bonds. The van der Waals surface area contributed by atoms with Crippen LogP contribution in [0.3, 0.4) is 0 Å². The van der Waals surface area contributed by atoms with Crippen molar-refractivity contribution in [3.63, 3.8) is 0 Å². The minimum atomic E-state index is -2.66. The van der Waals surface area contributed by atoms with Crippen LogP contribution in [0.25, 0.3) is 11.1 Å². The van der Waals surface area contributed by atoms with Gasteiger partial charge < -0.3 is 9.30 Å². The molecule has 0 bridgehead atoms. The Morgan fingerprint density at radius 2 is 1.12 bits per heavy atom. The van der Waals surface area contributed by atoms with E-state index in [9.17, 15) is 0 Å². The molecule has 0 heterocycles. The fraction of sp³-hybridized carbons (Fsp3) is 0.538. The molecule has 4 aliphatic carbocycles. The van der Waals surface area contributed by atoms with Crippen molar-refractivity contribution in [2.24, 2.45) is 0 Å². The number of ether oxygens (including phenoxy) is 1. The zero-order valence-corrected chi connectivity index (χ0v) is 26.4. The van der Waals surface area contributed by atoms with Gasteiger partial charge in [-0.2, -0.15) is 0 Å². The molecule has 0 aliphatic heterocycles. The first-order valence-electron chi connectivity index (χ1n) is 17.3. The lowest BCUT2D eigenvalue weighted by Gasteiger charge is -2.40. The van der Waals surface area contributed by atoms with Crippen LogP contribution in [0, 0.1) is 0 Å². The second-order valence-corrected chi connectivity index (χ2v) is 17.0. The average Bonchev–Trinajstić information content (AvgIpc) is 3.07. The molecule has 222 valence electrons. The lowest BCUT2D eigenvalue weighted by atomic mass is 9.80. The van der Waals surface area contributed by atoms with Gasteiger partial charge in [-0.3, -0.25) is 0 Å². The van der Waals surface area contributed by atoms with Crippen molar-refractivity contribution >= 4 is 12.4 Å². The summed E-state index contributed by atoms with van der Waals surface area (Å²) in [7, 11) is -2.66. The molecule has 0 radical (unpaired) electrons. The molecule has 42 heavy (non-hydrogen) atoms. The molecule has 0 spiro atoms. The van der Waals surface area contributed by atoms with Crippen LogP contribution in [0.15, 0.2) is 54.6 Å². The quantitative estimate of drug-likeness (QED) is 0.260. The summed E-state index contributed by atoms with van der Waals surface area (Å²) in [6, 6.07) is 20.0. The second-order valence-electron chi connectivity index (χ2n) is 13.7. The van der Waals surface area contributed by atoms with Crippen LogP contribution >= 0.6 is 7.14 Å². The van der Waals surface area contributed by atoms with Crippen LogP contribution in [-0.2, 0) is 36.9 Å². The zero-order chi connectivity index (χ0) is 28.4. The van der Waals surface area contributed by atoms with Gasteiger partial charge in [0.15, 0.2) is 0 Å². The maximum atomic E-state index is 16.2. The Labute approximate surface area is 254 Å². The van der Waals surface area contributed by atoms with Gasteiger partial charge in [-0.05, 0) is 116 Å². The smallest absolute Gasteiger partial charge is 0.127 e. The summed E-state index contributed by atoms with van der Waals surface area (Å²) in [5.41, 5.74) is 10.6. The fourth-order valence-corrected chi connectivity index (χ4v) is 13.5. The molecule has 7 rings (SSSR count). The van der Waals surface area contributed by atoms with Gasteiger partial charge in [0.2, 0.25) is 0 Å². The van der Waals surface area contributed by atoms with E-state index in [1.54, 1.807) is 0 Å². The van der Waals surface area contributed by atoms with Gasteiger partial charge in [-0.1, -0.05) is 87.1 Å². The number of hydrogen-bond donors (Lipinski definition) is 0. The number of hydrogen-bond acceptors (Lipinski definition) is 2. The van der Waals surface area contributed by atoms with Gasteiger partial charge in [-0.25, -0.2) is 0 Å². The predicted molar refractivity (Wildman–Crippen MR) is 177 cm³/mol. The molecule has 0 saturated heterocycles. The number of aryl methyl sites for hydroxylation is 2. The van der Waals surface area contributed by atoms with Crippen molar-refractivity contribution in [1.82, 2.24) is 0 Å². The summed E-state index contributed by atoms with van der Waals surface area (Å²) < 4.78 is 23.0. The first-order chi connectivity index (χ1) is 20.7. The summed E-state index contributed by atoms with van der Waals surface area (Å²) in [6.45, 7) is 0.569. The fourth-order valence-electron chi connectivity index (χ4n) is 8.94. The Balaban J connectivity index is 1.45. The van der Waals surface area contributed by atoms with Crippen LogP contribution in [0.5, 0.6) is 5.75 Å². The maximum Gasteiger partial charge on any atom is 0.127 e. The minimum absolute atomic E-state index is 0.350. The van der Waals surface area contributed by atoms with Crippen molar-refractivity contribution < 1.29 is 9.30 Å². The van der Waals surface area contributed by atoms with E-state index in [0.717, 1.165) is 57.1 Å². The normalized spacial score (nSPS) is 20.1. The molecule has 2 fully saturated rings. The van der Waals surface area contributed by atoms with Crippen molar-refractivity contribution in [2.75, 3.05) is 0 Å². The first kappa shape index (κ1) is 28.5. The third-order valence-corrected chi connectivity index (χ3v) is 15.4. The van der Waals surface area contributed by atoms with E-state index in [0.29, 0.717) is 17.9 Å². The van der Waals surface area contributed by atoms with Crippen molar-refractivity contribution in [3.8, 4) is 16.9 Å². The van der Waals surface area contributed by atoms with E-state index in [1.807, 2.05) is 0 Å². The van der Waals surface area contributed by atoms with Crippen LogP contribution in [0.1, 0.15) is 118 Å². The average molecular weight is 581 g/mol. The summed E-state index contributed by atoms with van der Waals surface area (Å²) in [4.78, 5) is 0. The molecule has 0 unspecified atom stereocenters. The molecule has 3 aromatic rings. The summed E-state index contributed by atoms with van der Waals surface area (Å²) in [5, 5.41) is 1.26. The Morgan fingerprint density at radius 3 is 1.74 bits per heavy atom. The molecule has 2 saturated carbocycles. The van der Waals surface area contributed by atoms with Gasteiger partial charge in [0.25, 0.3) is 0 Å². The zero-order valence-electron chi connectivity index (χ0n) is 25.5. The lowest BCUT2D eigenvalue weighted by molar-refractivity contribution is 0.307. The third-order valence-electron chi connectivity index (χ3n) is 11.1. The number of fused-ring (bicyclic) bond motifs is 2. The molecule has 4 aliphatic rings. The third kappa shape index (κ3) is 5.43. The van der Waals surface area contributed by atoms with E-state index >= 15 is 4.57 Å². The lowest BCUT2D eigenvalue weighted by Crippen LogP contribution is -2.31. The molecule has 0 atom stereocenters. The van der Waals surface area contributed by atoms with E-state index in [4.69, 9.17) is 4.74 Å². The Bertz CT molecular complexity index is 1410. The first-order valence-corrected chi connectivity index (χ1v) is 19.1. The van der Waals surface area contributed by atoms with Crippen molar-refractivity contribution in [3.05, 3.63) is 82.4 Å². The Kier molecular flexibility index (Phi) is 8.63. The van der Waals surface area contributed by atoms with E-state index in [-0.39, 0.29) is 0 Å².